The molecule has 20 unspecified atom stereocenters. The van der Waals surface area contributed by atoms with Crippen molar-refractivity contribution in [2.75, 3.05) is 163 Å². The summed E-state index contributed by atoms with van der Waals surface area (Å²) in [6, 6.07) is -15.0. The molecule has 24 heteroatoms. The van der Waals surface area contributed by atoms with E-state index in [2.05, 4.69) is 0 Å². The van der Waals surface area contributed by atoms with Gasteiger partial charge in [-0.3, -0.25) is 29.4 Å². The first kappa shape index (κ1) is 51.3. The molecule has 24 nitrogen and oxygen atoms in total. The third-order valence-electron chi connectivity index (χ3n) is 24.9. The van der Waals surface area contributed by atoms with Crippen molar-refractivity contribution >= 4 is 0 Å². The molecule has 0 aliphatic carbocycles. The second kappa shape index (κ2) is 49.1. The Balaban J connectivity index is 0.000000195. The minimum Gasteiger partial charge on any atom is -0.493 e. The maximum absolute atomic E-state index is 11.4. The van der Waals surface area contributed by atoms with Crippen LogP contribution in [0.4, 0.5) is 0 Å². The fraction of sp³-hybridized carbons (Fsp3) is 0.684. The second-order valence-electron chi connectivity index (χ2n) is 36.5. The lowest BCUT2D eigenvalue weighted by atomic mass is 9.79. The number of benzene rings is 6. The quantitative estimate of drug-likeness (QED) is 0.0329. The maximum Gasteiger partial charge on any atom is 0.161 e. The van der Waals surface area contributed by atoms with Crippen molar-refractivity contribution in [1.82, 2.24) is 29.4 Å². The first-order valence-corrected chi connectivity index (χ1v) is 45.8. The summed E-state index contributed by atoms with van der Waals surface area (Å²) in [5, 5.41) is 66.3. The number of rotatable bonds is 24. The number of hydrogen-bond acceptors (Lipinski definition) is 24. The van der Waals surface area contributed by atoms with Gasteiger partial charge in [-0.05, 0) is 325 Å². The van der Waals surface area contributed by atoms with E-state index in [1.54, 1.807) is 13.8 Å². The van der Waals surface area contributed by atoms with Crippen LogP contribution in [0.5, 0.6) is 69.0 Å². The summed E-state index contributed by atoms with van der Waals surface area (Å²) < 4.78 is 598. The van der Waals surface area contributed by atoms with E-state index in [0.29, 0.717) is 59.6 Å². The highest BCUT2D eigenvalue weighted by Gasteiger charge is 2.47. The molecular weight excluding hydrogens is 1740 g/mol. The van der Waals surface area contributed by atoms with Crippen molar-refractivity contribution in [3.63, 3.8) is 0 Å². The van der Waals surface area contributed by atoms with Crippen LogP contribution in [-0.4, -0.2) is 260 Å². The number of piperidine rings is 6. The molecule has 6 fully saturated rings. The van der Waals surface area contributed by atoms with Crippen molar-refractivity contribution < 1.29 is 175 Å². The molecule has 20 atom stereocenters. The molecule has 0 bridgehead atoms. The average Bonchev–Trinajstić information content (AvgIpc) is 0.654. The van der Waals surface area contributed by atoms with Crippen molar-refractivity contribution in [3.05, 3.63) is 139 Å². The lowest BCUT2D eigenvalue weighted by Gasteiger charge is -2.46. The van der Waals surface area contributed by atoms with Gasteiger partial charge >= 0.3 is 0 Å². The monoisotopic (exact) mass is 1980 g/mol. The Morgan fingerprint density at radius 2 is 0.594 bits per heavy atom. The zero-order valence-electron chi connectivity index (χ0n) is 145. The number of ether oxygens (including phenoxy) is 12. The molecule has 768 valence electrons. The van der Waals surface area contributed by atoms with Gasteiger partial charge in [-0.25, -0.2) is 0 Å². The molecule has 0 aromatic heterocycles. The number of methoxy groups -OCH3 is 12. The summed E-state index contributed by atoms with van der Waals surface area (Å²) >= 11 is 0. The van der Waals surface area contributed by atoms with Crippen molar-refractivity contribution in [2.45, 2.75) is 271 Å². The molecule has 12 aliphatic rings. The van der Waals surface area contributed by atoms with Gasteiger partial charge < -0.3 is 87.5 Å². The molecule has 0 spiro atoms. The van der Waals surface area contributed by atoms with Gasteiger partial charge in [0.1, 0.15) is 0 Å². The van der Waals surface area contributed by atoms with Crippen LogP contribution in [0.2, 0.25) is 0 Å². The molecule has 6 N–H and O–H groups in total. The molecule has 6 saturated heterocycles. The van der Waals surface area contributed by atoms with E-state index < -0.39 is 340 Å². The zero-order valence-corrected chi connectivity index (χ0v) is 81.2. The molecule has 18 rings (SSSR count). The largest absolute Gasteiger partial charge is 0.493 e. The van der Waals surface area contributed by atoms with E-state index in [4.69, 9.17) is 143 Å². The summed E-state index contributed by atoms with van der Waals surface area (Å²) in [6.07, 6.45) is -38.5. The van der Waals surface area contributed by atoms with Crippen LogP contribution in [0.25, 0.3) is 0 Å². The fourth-order valence-corrected chi connectivity index (χ4v) is 18.6. The van der Waals surface area contributed by atoms with Crippen molar-refractivity contribution in [3.8, 4) is 69.0 Å². The van der Waals surface area contributed by atoms with Gasteiger partial charge in [0.25, 0.3) is 0 Å². The van der Waals surface area contributed by atoms with E-state index in [-0.39, 0.29) is 209 Å². The fourth-order valence-electron chi connectivity index (χ4n) is 18.6. The van der Waals surface area contributed by atoms with Crippen LogP contribution < -0.4 is 56.8 Å². The van der Waals surface area contributed by atoms with E-state index >= 15 is 0 Å². The summed E-state index contributed by atoms with van der Waals surface area (Å²) in [5.74, 6) is -21.4. The van der Waals surface area contributed by atoms with E-state index in [0.717, 1.165) is 21.3 Å². The van der Waals surface area contributed by atoms with Crippen LogP contribution in [0.1, 0.15) is 350 Å². The van der Waals surface area contributed by atoms with Gasteiger partial charge in [-0.1, -0.05) is 82.9 Å². The minimum atomic E-state index is -4.13. The highest BCUT2D eigenvalue weighted by Crippen LogP contribution is 2.52. The van der Waals surface area contributed by atoms with Crippen molar-refractivity contribution in [2.24, 2.45) is 70.9 Å². The van der Waals surface area contributed by atoms with Gasteiger partial charge in [0, 0.05) is 168 Å². The van der Waals surface area contributed by atoms with Gasteiger partial charge in [0.05, 0.1) is 156 Å². The van der Waals surface area contributed by atoms with Crippen LogP contribution >= 0.6 is 0 Å². The average molecular weight is 1980 g/mol. The normalized spacial score (nSPS) is 43.9. The van der Waals surface area contributed by atoms with E-state index in [9.17, 15) is 32.0 Å². The summed E-state index contributed by atoms with van der Waals surface area (Å²) in [5.41, 5.74) is -2.02. The summed E-state index contributed by atoms with van der Waals surface area (Å²) in [4.78, 5) is 6.07. The lowest BCUT2D eigenvalue weighted by Crippen LogP contribution is -2.48. The first-order valence-electron chi connectivity index (χ1n) is 77.8. The third-order valence-corrected chi connectivity index (χ3v) is 24.9. The minimum absolute atomic E-state index is 0.0187. The van der Waals surface area contributed by atoms with E-state index in [1.165, 1.54) is 57.4 Å². The van der Waals surface area contributed by atoms with Crippen LogP contribution in [0.3, 0.4) is 0 Å². The number of hydrogen-bond donors (Lipinski definition) is 6. The smallest absolute Gasteiger partial charge is 0.161 e. The van der Waals surface area contributed by atoms with Crippen LogP contribution in [-0.2, 0) is 38.4 Å². The molecule has 138 heavy (non-hydrogen) atoms. The van der Waals surface area contributed by atoms with Crippen LogP contribution in [0, 0.1) is 70.9 Å². The van der Waals surface area contributed by atoms with Crippen molar-refractivity contribution in [1.29, 1.82) is 0 Å². The molecule has 6 aromatic rings. The van der Waals surface area contributed by atoms with Gasteiger partial charge in [0.15, 0.2) is 69.0 Å². The Kier molecular flexibility index (Phi) is 18.3. The summed E-state index contributed by atoms with van der Waals surface area (Å²) in [6.45, 7) is -8.78. The Morgan fingerprint density at radius 3 is 0.891 bits per heavy atom. The van der Waals surface area contributed by atoms with Gasteiger partial charge in [0.2, 0.25) is 0 Å². The second-order valence-corrected chi connectivity index (χ2v) is 36.5. The third kappa shape index (κ3) is 25.4. The number of aliphatic hydroxyl groups excluding tert-OH is 3. The predicted molar refractivity (Wildman–Crippen MR) is 547 cm³/mol. The molecule has 0 radical (unpaired) electrons. The first-order chi connectivity index (χ1) is 91.0. The van der Waals surface area contributed by atoms with Crippen LogP contribution in [0.15, 0.2) is 72.5 Å². The molecule has 12 heterocycles. The molecule has 0 saturated carbocycles. The lowest BCUT2D eigenvalue weighted by molar-refractivity contribution is -0.0192. The Hall–Kier alpha value is -7.56. The predicted octanol–water partition coefficient (Wildman–Crippen LogP) is 18.2. The SMILES string of the molecule is [2H]c1c(OC([2H])([2H])[2H])c(OC)c([2H])c2c1C1CC(O)C(CC(C)C)CN1C([2H])([2H])C2([2H])[2H].[2H]c1c(OC)c(OC)c([2H])c2c1C1CC(O)C(CC(C)C)CN1C([2H])([2H])C2([2H])[2H].[2H]c1c(OC)c(OC)c([2H])c2c1C1CC(O)C(CC(C)C)CN1C([2H])([2H])C2([2H])[2H].[2H]c1c2c(c([2H])c(OC([2H])([2H])[2H])c1OC)C1([2H])N(CC2)C([2H])([2H])C([2H])(CC(C)C)C([2H])(O)C1([2H])[2H].[2H]c1c2c(c([2H])c(OC([2H])([2H])[2H])c1OC)C1N(CC2)C([2H])([2H])C([2H])(C([2H])([2H])C([2H])(C)C([2H])([2H])[2H])C([2H])(O)C1([2H])[2H].[2H]c1c2c(c([2H])c(OC)c1OC)C1N(CC2)C([2H])([2H])C([2H])(C([2H])([2H])C([2H])(C)C([2H])([2H])[2H])C([2H])(O)C1([2H])[2H]. The highest BCUT2D eigenvalue weighted by molar-refractivity contribution is 5.55. The molecule has 12 aliphatic heterocycles. The highest BCUT2D eigenvalue weighted by atomic mass is 16.5. The number of aliphatic hydroxyl groups is 6. The number of fused-ring (bicyclic) bond motifs is 18. The Bertz CT molecular complexity index is 8060. The number of nitrogens with zero attached hydrogens (tertiary/aromatic N) is 6. The molecular formula is C114H174N6O18. The van der Waals surface area contributed by atoms with Gasteiger partial charge in [-0.15, -0.1) is 0 Å². The maximum atomic E-state index is 11.4. The zero-order chi connectivity index (χ0) is 156. The molecule has 0 amide bonds. The topological polar surface area (TPSA) is 252 Å². The summed E-state index contributed by atoms with van der Waals surface area (Å²) in [7, 11) is 1.85. The Morgan fingerprint density at radius 1 is 0.333 bits per heavy atom. The van der Waals surface area contributed by atoms with E-state index in [1.807, 2.05) is 41.5 Å². The molecule has 6 aromatic carbocycles. The standard InChI is InChI=1S/6C19H29NO3/c6*1-12(2)7-14-11-20-6-5-13-8-18(22-3)19(23-4)9-15(13)16(20)10-17(14)21/h6*8-9,12,14,16-17,21H,5-7,10-11H2,1-4H3/i1D3,4D3,7D2,8D,9D,10D2,11D2,12D,14D,17D;1D3,7D2,8D,9D,10D2,11D2,12D,14D,17D;4D3,8D,9D,10D2,11D2,14D,16D,17D;4D3,5D2,6D2,8D,9D;2*5D2,6D2,8D,9D. The van der Waals surface area contributed by atoms with Gasteiger partial charge in [-0.2, -0.15) is 0 Å². The Labute approximate surface area is 917 Å².